The number of hydrogen-bond acceptors (Lipinski definition) is 2. The highest BCUT2D eigenvalue weighted by molar-refractivity contribution is 9.10. The molecule has 0 aliphatic rings. The minimum Gasteiger partial charge on any atom is -0.488 e. The van der Waals surface area contributed by atoms with Crippen molar-refractivity contribution in [3.63, 3.8) is 0 Å². The van der Waals surface area contributed by atoms with Gasteiger partial charge in [-0.3, -0.25) is 0 Å². The second-order valence-corrected chi connectivity index (χ2v) is 4.46. The number of halogens is 2. The normalized spacial score (nSPS) is 10.2. The zero-order valence-corrected chi connectivity index (χ0v) is 10.6. The molecule has 0 aliphatic heterocycles. The first-order chi connectivity index (χ1) is 8.15. The predicted octanol–water partition coefficient (Wildman–Crippen LogP) is 3.75. The van der Waals surface area contributed by atoms with Crippen LogP contribution in [0.1, 0.15) is 5.56 Å². The predicted molar refractivity (Wildman–Crippen MR) is 69.3 cm³/mol. The monoisotopic (exact) mass is 295 g/mol. The van der Waals surface area contributed by atoms with Crippen LogP contribution in [0.4, 0.5) is 10.1 Å². The molecular weight excluding hydrogens is 285 g/mol. The maximum Gasteiger partial charge on any atom is 0.134 e. The number of rotatable bonds is 3. The van der Waals surface area contributed by atoms with Crippen molar-refractivity contribution in [2.75, 3.05) is 5.73 Å². The molecule has 4 heteroatoms. The van der Waals surface area contributed by atoms with Crippen LogP contribution >= 0.6 is 15.9 Å². The van der Waals surface area contributed by atoms with Gasteiger partial charge in [0.15, 0.2) is 0 Å². The van der Waals surface area contributed by atoms with E-state index >= 15 is 0 Å². The topological polar surface area (TPSA) is 35.2 Å². The molecule has 0 amide bonds. The molecule has 2 aromatic rings. The van der Waals surface area contributed by atoms with Crippen molar-refractivity contribution < 1.29 is 9.13 Å². The van der Waals surface area contributed by atoms with Crippen LogP contribution in [0.2, 0.25) is 0 Å². The number of nitrogens with two attached hydrogens (primary N) is 1. The number of benzene rings is 2. The van der Waals surface area contributed by atoms with Gasteiger partial charge in [-0.15, -0.1) is 0 Å². The summed E-state index contributed by atoms with van der Waals surface area (Å²) in [4.78, 5) is 0. The van der Waals surface area contributed by atoms with Gasteiger partial charge >= 0.3 is 0 Å². The van der Waals surface area contributed by atoms with Crippen LogP contribution in [0.5, 0.6) is 5.75 Å². The van der Waals surface area contributed by atoms with E-state index in [4.69, 9.17) is 10.5 Å². The van der Waals surface area contributed by atoms with Crippen molar-refractivity contribution in [3.8, 4) is 5.75 Å². The Bertz CT molecular complexity index is 513. The van der Waals surface area contributed by atoms with Crippen LogP contribution in [-0.4, -0.2) is 0 Å². The molecule has 0 unspecified atom stereocenters. The lowest BCUT2D eigenvalue weighted by atomic mass is 10.2. The van der Waals surface area contributed by atoms with Crippen LogP contribution in [-0.2, 0) is 6.61 Å². The Hall–Kier alpha value is -1.55. The quantitative estimate of drug-likeness (QED) is 0.875. The third-order valence-corrected chi connectivity index (χ3v) is 2.89. The Morgan fingerprint density at radius 1 is 1.12 bits per heavy atom. The smallest absolute Gasteiger partial charge is 0.134 e. The van der Waals surface area contributed by atoms with E-state index in [1.165, 1.54) is 12.1 Å². The molecule has 0 aromatic heterocycles. The Kier molecular flexibility index (Phi) is 3.64. The summed E-state index contributed by atoms with van der Waals surface area (Å²) < 4.78 is 19.0. The van der Waals surface area contributed by atoms with Gasteiger partial charge in [-0.1, -0.05) is 12.1 Å². The van der Waals surface area contributed by atoms with Gasteiger partial charge in [0, 0.05) is 5.69 Å². The lowest BCUT2D eigenvalue weighted by Gasteiger charge is -2.08. The van der Waals surface area contributed by atoms with Gasteiger partial charge in [-0.05, 0) is 51.8 Å². The average molecular weight is 296 g/mol. The summed E-state index contributed by atoms with van der Waals surface area (Å²) >= 11 is 3.25. The van der Waals surface area contributed by atoms with Crippen LogP contribution in [0.3, 0.4) is 0 Å². The van der Waals surface area contributed by atoms with E-state index in [1.807, 2.05) is 24.3 Å². The third-order valence-electron chi connectivity index (χ3n) is 2.27. The molecular formula is C13H11BrFNO. The van der Waals surface area contributed by atoms with Gasteiger partial charge in [0.25, 0.3) is 0 Å². The standard InChI is InChI=1S/C13H11BrFNO/c14-12-7-10(15)3-6-13(12)17-8-9-1-4-11(16)5-2-9/h1-7H,8,16H2. The van der Waals surface area contributed by atoms with Gasteiger partial charge in [0.1, 0.15) is 18.2 Å². The van der Waals surface area contributed by atoms with E-state index in [-0.39, 0.29) is 5.82 Å². The van der Waals surface area contributed by atoms with Crippen molar-refractivity contribution in [2.24, 2.45) is 0 Å². The first-order valence-corrected chi connectivity index (χ1v) is 5.87. The SMILES string of the molecule is Nc1ccc(COc2ccc(F)cc2Br)cc1. The van der Waals surface area contributed by atoms with Crippen LogP contribution in [0, 0.1) is 5.82 Å². The first-order valence-electron chi connectivity index (χ1n) is 5.07. The zero-order valence-electron chi connectivity index (χ0n) is 8.99. The molecule has 2 rings (SSSR count). The molecule has 2 aromatic carbocycles. The fraction of sp³-hybridized carbons (Fsp3) is 0.0769. The van der Waals surface area contributed by atoms with Crippen molar-refractivity contribution in [3.05, 3.63) is 58.3 Å². The summed E-state index contributed by atoms with van der Waals surface area (Å²) in [7, 11) is 0. The number of ether oxygens (including phenoxy) is 1. The minimum atomic E-state index is -0.295. The molecule has 0 fully saturated rings. The van der Waals surface area contributed by atoms with Gasteiger partial charge in [-0.2, -0.15) is 0 Å². The molecule has 0 aliphatic carbocycles. The van der Waals surface area contributed by atoms with E-state index in [0.717, 1.165) is 11.3 Å². The molecule has 2 nitrogen and oxygen atoms in total. The Balaban J connectivity index is 2.04. The first kappa shape index (κ1) is 11.9. The van der Waals surface area contributed by atoms with E-state index in [2.05, 4.69) is 15.9 Å². The number of nitrogen functional groups attached to an aromatic ring is 1. The van der Waals surface area contributed by atoms with E-state index in [0.29, 0.717) is 16.8 Å². The summed E-state index contributed by atoms with van der Waals surface area (Å²) in [6.45, 7) is 0.421. The number of anilines is 1. The maximum atomic E-state index is 12.9. The second-order valence-electron chi connectivity index (χ2n) is 3.61. The van der Waals surface area contributed by atoms with Crippen molar-refractivity contribution in [1.82, 2.24) is 0 Å². The highest BCUT2D eigenvalue weighted by Crippen LogP contribution is 2.26. The lowest BCUT2D eigenvalue weighted by Crippen LogP contribution is -1.96. The van der Waals surface area contributed by atoms with Crippen molar-refractivity contribution in [1.29, 1.82) is 0 Å². The van der Waals surface area contributed by atoms with E-state index in [1.54, 1.807) is 6.07 Å². The molecule has 0 saturated carbocycles. The minimum absolute atomic E-state index is 0.295. The highest BCUT2D eigenvalue weighted by atomic mass is 79.9. The summed E-state index contributed by atoms with van der Waals surface area (Å²) in [5.74, 6) is 0.319. The maximum absolute atomic E-state index is 12.9. The fourth-order valence-corrected chi connectivity index (χ4v) is 1.83. The molecule has 88 valence electrons. The Morgan fingerprint density at radius 2 is 1.82 bits per heavy atom. The summed E-state index contributed by atoms with van der Waals surface area (Å²) in [6.07, 6.45) is 0. The Labute approximate surface area is 107 Å². The summed E-state index contributed by atoms with van der Waals surface area (Å²) in [5.41, 5.74) is 7.31. The van der Waals surface area contributed by atoms with Crippen LogP contribution < -0.4 is 10.5 Å². The van der Waals surface area contributed by atoms with Crippen LogP contribution in [0.25, 0.3) is 0 Å². The molecule has 0 saturated heterocycles. The Morgan fingerprint density at radius 3 is 2.47 bits per heavy atom. The van der Waals surface area contributed by atoms with Crippen LogP contribution in [0.15, 0.2) is 46.9 Å². The molecule has 0 atom stereocenters. The van der Waals surface area contributed by atoms with Crippen molar-refractivity contribution in [2.45, 2.75) is 6.61 Å². The molecule has 0 bridgehead atoms. The highest BCUT2D eigenvalue weighted by Gasteiger charge is 2.02. The van der Waals surface area contributed by atoms with Gasteiger partial charge in [-0.25, -0.2) is 4.39 Å². The molecule has 0 radical (unpaired) electrons. The van der Waals surface area contributed by atoms with E-state index < -0.39 is 0 Å². The van der Waals surface area contributed by atoms with Gasteiger partial charge < -0.3 is 10.5 Å². The second kappa shape index (κ2) is 5.19. The molecule has 0 heterocycles. The van der Waals surface area contributed by atoms with Gasteiger partial charge in [0.2, 0.25) is 0 Å². The van der Waals surface area contributed by atoms with Crippen molar-refractivity contribution >= 4 is 21.6 Å². The zero-order chi connectivity index (χ0) is 12.3. The third kappa shape index (κ3) is 3.20. The molecule has 2 N–H and O–H groups in total. The number of hydrogen-bond donors (Lipinski definition) is 1. The van der Waals surface area contributed by atoms with Gasteiger partial charge in [0.05, 0.1) is 4.47 Å². The fourth-order valence-electron chi connectivity index (χ4n) is 1.37. The summed E-state index contributed by atoms with van der Waals surface area (Å²) in [6, 6.07) is 11.8. The molecule has 0 spiro atoms. The largest absolute Gasteiger partial charge is 0.488 e. The summed E-state index contributed by atoms with van der Waals surface area (Å²) in [5, 5.41) is 0. The molecule has 17 heavy (non-hydrogen) atoms. The average Bonchev–Trinajstić information content (AvgIpc) is 2.30. The lowest BCUT2D eigenvalue weighted by molar-refractivity contribution is 0.304. The van der Waals surface area contributed by atoms with E-state index in [9.17, 15) is 4.39 Å².